The van der Waals surface area contributed by atoms with E-state index in [2.05, 4.69) is 0 Å². The molecule has 0 spiro atoms. The van der Waals surface area contributed by atoms with E-state index in [-0.39, 0.29) is 6.03 Å². The number of nitrogens with zero attached hydrogens (tertiary/aromatic N) is 2. The van der Waals surface area contributed by atoms with Crippen LogP contribution in [0.25, 0.3) is 0 Å². The molecule has 0 radical (unpaired) electrons. The lowest BCUT2D eigenvalue weighted by Gasteiger charge is -2.46. The SMILES string of the molecule is CC(C)N1CN(C(C)C)C1=O. The van der Waals surface area contributed by atoms with Gasteiger partial charge in [0, 0.05) is 12.1 Å². The molecule has 1 rings (SSSR count). The second-order valence-corrected chi connectivity index (χ2v) is 3.55. The molecule has 0 aromatic carbocycles. The largest absolute Gasteiger partial charge is 0.323 e. The minimum absolute atomic E-state index is 0.176. The molecule has 1 fully saturated rings. The molecule has 2 amide bonds. The van der Waals surface area contributed by atoms with E-state index in [9.17, 15) is 4.79 Å². The van der Waals surface area contributed by atoms with Crippen LogP contribution in [-0.4, -0.2) is 34.6 Å². The zero-order valence-electron chi connectivity index (χ0n) is 7.66. The Balaban J connectivity index is 2.45. The van der Waals surface area contributed by atoms with E-state index in [1.54, 1.807) is 0 Å². The Bertz CT molecular complexity index is 149. The minimum atomic E-state index is 0.176. The molecule has 1 aliphatic rings. The summed E-state index contributed by atoms with van der Waals surface area (Å²) < 4.78 is 0. The van der Waals surface area contributed by atoms with Crippen LogP contribution in [0.15, 0.2) is 0 Å². The first-order valence-corrected chi connectivity index (χ1v) is 4.11. The summed E-state index contributed by atoms with van der Waals surface area (Å²) in [6.45, 7) is 8.95. The first kappa shape index (κ1) is 8.37. The van der Waals surface area contributed by atoms with Crippen LogP contribution in [0.2, 0.25) is 0 Å². The Morgan fingerprint density at radius 2 is 1.45 bits per heavy atom. The van der Waals surface area contributed by atoms with E-state index in [0.29, 0.717) is 12.1 Å². The maximum Gasteiger partial charge on any atom is 0.323 e. The molecule has 1 aliphatic heterocycles. The normalized spacial score (nSPS) is 18.2. The highest BCUT2D eigenvalue weighted by Crippen LogP contribution is 2.18. The van der Waals surface area contributed by atoms with E-state index in [1.165, 1.54) is 0 Å². The quantitative estimate of drug-likeness (QED) is 0.594. The molecule has 1 saturated heterocycles. The maximum absolute atomic E-state index is 11.3. The number of hydrogen-bond donors (Lipinski definition) is 0. The van der Waals surface area contributed by atoms with Gasteiger partial charge in [-0.1, -0.05) is 0 Å². The van der Waals surface area contributed by atoms with Crippen molar-refractivity contribution in [3.8, 4) is 0 Å². The van der Waals surface area contributed by atoms with Gasteiger partial charge in [-0.3, -0.25) is 0 Å². The van der Waals surface area contributed by atoms with Crippen molar-refractivity contribution in [2.24, 2.45) is 0 Å². The molecule has 1 heterocycles. The number of carbonyl (C=O) groups excluding carboxylic acids is 1. The van der Waals surface area contributed by atoms with Crippen LogP contribution in [0.1, 0.15) is 27.7 Å². The van der Waals surface area contributed by atoms with Crippen molar-refractivity contribution in [3.63, 3.8) is 0 Å². The fourth-order valence-corrected chi connectivity index (χ4v) is 1.14. The zero-order valence-corrected chi connectivity index (χ0v) is 7.66. The van der Waals surface area contributed by atoms with Gasteiger partial charge in [-0.2, -0.15) is 0 Å². The van der Waals surface area contributed by atoms with E-state index >= 15 is 0 Å². The van der Waals surface area contributed by atoms with Crippen LogP contribution in [0, 0.1) is 0 Å². The van der Waals surface area contributed by atoms with Crippen LogP contribution < -0.4 is 0 Å². The van der Waals surface area contributed by atoms with Gasteiger partial charge in [0.05, 0.1) is 6.67 Å². The molecule has 0 unspecified atom stereocenters. The van der Waals surface area contributed by atoms with Crippen LogP contribution in [0.4, 0.5) is 4.79 Å². The van der Waals surface area contributed by atoms with Gasteiger partial charge in [-0.25, -0.2) is 4.79 Å². The van der Waals surface area contributed by atoms with E-state index < -0.39 is 0 Å². The molecule has 3 nitrogen and oxygen atoms in total. The molecule has 0 N–H and O–H groups in total. The van der Waals surface area contributed by atoms with Crippen LogP contribution in [0.3, 0.4) is 0 Å². The molecule has 11 heavy (non-hydrogen) atoms. The van der Waals surface area contributed by atoms with E-state index in [4.69, 9.17) is 0 Å². The number of hydrogen-bond acceptors (Lipinski definition) is 1. The number of carbonyl (C=O) groups is 1. The lowest BCUT2D eigenvalue weighted by atomic mass is 10.2. The molecular formula is C8H16N2O. The van der Waals surface area contributed by atoms with Gasteiger partial charge in [-0.15, -0.1) is 0 Å². The summed E-state index contributed by atoms with van der Waals surface area (Å²) in [7, 11) is 0. The molecule has 0 aliphatic carbocycles. The first-order valence-electron chi connectivity index (χ1n) is 4.11. The Morgan fingerprint density at radius 1 is 1.09 bits per heavy atom. The third kappa shape index (κ3) is 1.32. The summed E-state index contributed by atoms with van der Waals surface area (Å²) in [6, 6.07) is 0.866. The van der Waals surface area contributed by atoms with E-state index in [1.807, 2.05) is 37.5 Å². The highest BCUT2D eigenvalue weighted by atomic mass is 16.2. The van der Waals surface area contributed by atoms with Gasteiger partial charge in [0.1, 0.15) is 0 Å². The maximum atomic E-state index is 11.3. The molecule has 64 valence electrons. The summed E-state index contributed by atoms with van der Waals surface area (Å²) >= 11 is 0. The van der Waals surface area contributed by atoms with Crippen molar-refractivity contribution in [1.82, 2.24) is 9.80 Å². The number of amides is 2. The fourth-order valence-electron chi connectivity index (χ4n) is 1.14. The number of rotatable bonds is 2. The van der Waals surface area contributed by atoms with Crippen molar-refractivity contribution >= 4 is 6.03 Å². The van der Waals surface area contributed by atoms with Gasteiger partial charge >= 0.3 is 6.03 Å². The predicted molar refractivity (Wildman–Crippen MR) is 44.2 cm³/mol. The third-order valence-electron chi connectivity index (χ3n) is 2.04. The molecule has 0 aromatic rings. The fraction of sp³-hybridized carbons (Fsp3) is 0.875. The zero-order chi connectivity index (χ0) is 8.59. The molecule has 0 aromatic heterocycles. The standard InChI is InChI=1S/C8H16N2O/c1-6(2)9-5-10(7(3)4)8(9)11/h6-7H,5H2,1-4H3. The second kappa shape index (κ2) is 2.72. The van der Waals surface area contributed by atoms with Crippen molar-refractivity contribution in [1.29, 1.82) is 0 Å². The topological polar surface area (TPSA) is 23.6 Å². The van der Waals surface area contributed by atoms with Gasteiger partial charge in [0.15, 0.2) is 0 Å². The molecule has 0 atom stereocenters. The predicted octanol–water partition coefficient (Wildman–Crippen LogP) is 1.50. The van der Waals surface area contributed by atoms with Gasteiger partial charge in [0.25, 0.3) is 0 Å². The average Bonchev–Trinajstić information content (AvgIpc) is 1.82. The van der Waals surface area contributed by atoms with Crippen molar-refractivity contribution < 1.29 is 4.79 Å². The van der Waals surface area contributed by atoms with Crippen LogP contribution in [0.5, 0.6) is 0 Å². The summed E-state index contributed by atoms with van der Waals surface area (Å²) in [5.74, 6) is 0. The van der Waals surface area contributed by atoms with Gasteiger partial charge < -0.3 is 9.80 Å². The van der Waals surface area contributed by atoms with Crippen molar-refractivity contribution in [2.75, 3.05) is 6.67 Å². The lowest BCUT2D eigenvalue weighted by Crippen LogP contribution is -2.63. The summed E-state index contributed by atoms with van der Waals surface area (Å²) in [5.41, 5.74) is 0. The summed E-state index contributed by atoms with van der Waals surface area (Å²) in [6.07, 6.45) is 0. The third-order valence-corrected chi connectivity index (χ3v) is 2.04. The lowest BCUT2D eigenvalue weighted by molar-refractivity contribution is 0.0265. The van der Waals surface area contributed by atoms with Crippen molar-refractivity contribution in [3.05, 3.63) is 0 Å². The van der Waals surface area contributed by atoms with Crippen molar-refractivity contribution in [2.45, 2.75) is 39.8 Å². The van der Waals surface area contributed by atoms with E-state index in [0.717, 1.165) is 6.67 Å². The highest BCUT2D eigenvalue weighted by molar-refractivity contribution is 5.79. The Labute approximate surface area is 68.0 Å². The molecule has 0 bridgehead atoms. The number of urea groups is 1. The molecule has 0 saturated carbocycles. The van der Waals surface area contributed by atoms with Gasteiger partial charge in [0.2, 0.25) is 0 Å². The first-order chi connectivity index (χ1) is 5.04. The Morgan fingerprint density at radius 3 is 1.64 bits per heavy atom. The van der Waals surface area contributed by atoms with Crippen LogP contribution >= 0.6 is 0 Å². The minimum Gasteiger partial charge on any atom is -0.304 e. The second-order valence-electron chi connectivity index (χ2n) is 3.55. The molecular weight excluding hydrogens is 140 g/mol. The van der Waals surface area contributed by atoms with Gasteiger partial charge in [-0.05, 0) is 27.7 Å². The monoisotopic (exact) mass is 156 g/mol. The summed E-state index contributed by atoms with van der Waals surface area (Å²) in [5, 5.41) is 0. The Kier molecular flexibility index (Phi) is 2.07. The smallest absolute Gasteiger partial charge is 0.304 e. The molecule has 3 heteroatoms. The average molecular weight is 156 g/mol. The van der Waals surface area contributed by atoms with Crippen LogP contribution in [-0.2, 0) is 0 Å². The highest BCUT2D eigenvalue weighted by Gasteiger charge is 2.35. The Hall–Kier alpha value is -0.730. The summed E-state index contributed by atoms with van der Waals surface area (Å²) in [4.78, 5) is 15.0.